The van der Waals surface area contributed by atoms with Gasteiger partial charge in [-0.25, -0.2) is 15.0 Å². The minimum atomic E-state index is 0.630. The maximum atomic E-state index is 5.06. The SMILES string of the molecule is c1ccc(-c2ccc(-c3nc(-c4ccccc4)nc(-c4cccc(-n5c6ccccc6c6cc(-c7ccccc7)ccc65)c4)n3)cc2)cc1. The molecule has 0 fully saturated rings. The second kappa shape index (κ2) is 12.2. The van der Waals surface area contributed by atoms with Crippen LogP contribution < -0.4 is 0 Å². The first-order chi connectivity index (χ1) is 24.3. The highest BCUT2D eigenvalue weighted by molar-refractivity contribution is 6.10. The van der Waals surface area contributed by atoms with Crippen molar-refractivity contribution in [2.24, 2.45) is 0 Å². The van der Waals surface area contributed by atoms with E-state index in [1.165, 1.54) is 27.5 Å². The zero-order valence-electron chi connectivity index (χ0n) is 26.6. The normalized spacial score (nSPS) is 11.3. The molecule has 2 aromatic heterocycles. The molecular weight excluding hydrogens is 597 g/mol. The Bertz CT molecular complexity index is 2570. The first-order valence-corrected chi connectivity index (χ1v) is 16.5. The molecule has 0 spiro atoms. The molecule has 9 rings (SSSR count). The molecule has 49 heavy (non-hydrogen) atoms. The third-order valence-corrected chi connectivity index (χ3v) is 9.06. The van der Waals surface area contributed by atoms with Crippen LogP contribution in [-0.4, -0.2) is 19.5 Å². The number of rotatable bonds is 6. The van der Waals surface area contributed by atoms with E-state index < -0.39 is 0 Å². The quantitative estimate of drug-likeness (QED) is 0.184. The van der Waals surface area contributed by atoms with Gasteiger partial charge in [-0.2, -0.15) is 0 Å². The summed E-state index contributed by atoms with van der Waals surface area (Å²) >= 11 is 0. The van der Waals surface area contributed by atoms with Crippen LogP contribution in [0.15, 0.2) is 182 Å². The van der Waals surface area contributed by atoms with Crippen molar-refractivity contribution >= 4 is 21.8 Å². The van der Waals surface area contributed by atoms with Crippen LogP contribution in [0.5, 0.6) is 0 Å². The topological polar surface area (TPSA) is 43.6 Å². The van der Waals surface area contributed by atoms with Gasteiger partial charge in [0.2, 0.25) is 0 Å². The molecule has 0 unspecified atom stereocenters. The maximum Gasteiger partial charge on any atom is 0.164 e. The summed E-state index contributed by atoms with van der Waals surface area (Å²) in [5.41, 5.74) is 10.9. The lowest BCUT2D eigenvalue weighted by Crippen LogP contribution is -2.01. The summed E-state index contributed by atoms with van der Waals surface area (Å²) in [7, 11) is 0. The van der Waals surface area contributed by atoms with E-state index >= 15 is 0 Å². The largest absolute Gasteiger partial charge is 0.309 e. The summed E-state index contributed by atoms with van der Waals surface area (Å²) in [5, 5.41) is 2.43. The van der Waals surface area contributed by atoms with Gasteiger partial charge in [0, 0.05) is 33.2 Å². The monoisotopic (exact) mass is 626 g/mol. The minimum Gasteiger partial charge on any atom is -0.309 e. The Morgan fingerprint density at radius 3 is 1.41 bits per heavy atom. The lowest BCUT2D eigenvalue weighted by Gasteiger charge is -2.12. The molecule has 0 atom stereocenters. The van der Waals surface area contributed by atoms with Gasteiger partial charge in [0.25, 0.3) is 0 Å². The summed E-state index contributed by atoms with van der Waals surface area (Å²) in [4.78, 5) is 15.0. The summed E-state index contributed by atoms with van der Waals surface area (Å²) in [6.45, 7) is 0. The van der Waals surface area contributed by atoms with E-state index in [0.29, 0.717) is 17.5 Å². The number of fused-ring (bicyclic) bond motifs is 3. The smallest absolute Gasteiger partial charge is 0.164 e. The molecule has 0 saturated carbocycles. The molecule has 4 heteroatoms. The van der Waals surface area contributed by atoms with Crippen molar-refractivity contribution in [3.63, 3.8) is 0 Å². The van der Waals surface area contributed by atoms with Gasteiger partial charge in [0.15, 0.2) is 17.5 Å². The van der Waals surface area contributed by atoms with Gasteiger partial charge >= 0.3 is 0 Å². The Hall–Kier alpha value is -6.65. The predicted octanol–water partition coefficient (Wildman–Crippen LogP) is 11.3. The third-order valence-electron chi connectivity index (χ3n) is 9.06. The maximum absolute atomic E-state index is 5.06. The summed E-state index contributed by atoms with van der Waals surface area (Å²) in [6, 6.07) is 63.4. The van der Waals surface area contributed by atoms with E-state index in [9.17, 15) is 0 Å². The fourth-order valence-corrected chi connectivity index (χ4v) is 6.64. The molecule has 0 aliphatic rings. The van der Waals surface area contributed by atoms with Gasteiger partial charge in [-0.15, -0.1) is 0 Å². The molecule has 0 amide bonds. The van der Waals surface area contributed by atoms with E-state index in [1.54, 1.807) is 0 Å². The van der Waals surface area contributed by atoms with Gasteiger partial charge in [-0.05, 0) is 52.6 Å². The minimum absolute atomic E-state index is 0.630. The predicted molar refractivity (Wildman–Crippen MR) is 201 cm³/mol. The van der Waals surface area contributed by atoms with Crippen molar-refractivity contribution in [2.45, 2.75) is 0 Å². The Labute approximate surface area is 284 Å². The Morgan fingerprint density at radius 1 is 0.286 bits per heavy atom. The number of benzene rings is 7. The van der Waals surface area contributed by atoms with Crippen LogP contribution in [0.1, 0.15) is 0 Å². The molecule has 0 aliphatic heterocycles. The Kier molecular flexibility index (Phi) is 7.10. The zero-order valence-corrected chi connectivity index (χ0v) is 26.6. The van der Waals surface area contributed by atoms with E-state index in [0.717, 1.165) is 39.0 Å². The molecule has 2 heterocycles. The van der Waals surface area contributed by atoms with Crippen LogP contribution in [0.2, 0.25) is 0 Å². The molecule has 230 valence electrons. The number of hydrogen-bond donors (Lipinski definition) is 0. The van der Waals surface area contributed by atoms with Crippen molar-refractivity contribution < 1.29 is 0 Å². The van der Waals surface area contributed by atoms with Crippen molar-refractivity contribution in [2.75, 3.05) is 0 Å². The number of nitrogens with zero attached hydrogens (tertiary/aromatic N) is 4. The molecule has 7 aromatic carbocycles. The second-order valence-electron chi connectivity index (χ2n) is 12.1. The highest BCUT2D eigenvalue weighted by atomic mass is 15.0. The van der Waals surface area contributed by atoms with Gasteiger partial charge in [-0.3, -0.25) is 0 Å². The third kappa shape index (κ3) is 5.35. The Balaban J connectivity index is 1.18. The van der Waals surface area contributed by atoms with Crippen molar-refractivity contribution in [3.8, 4) is 62.1 Å². The zero-order chi connectivity index (χ0) is 32.6. The van der Waals surface area contributed by atoms with Gasteiger partial charge < -0.3 is 4.57 Å². The average Bonchev–Trinajstić information content (AvgIpc) is 3.52. The van der Waals surface area contributed by atoms with Crippen molar-refractivity contribution in [1.82, 2.24) is 19.5 Å². The van der Waals surface area contributed by atoms with Crippen LogP contribution in [-0.2, 0) is 0 Å². The van der Waals surface area contributed by atoms with Crippen LogP contribution >= 0.6 is 0 Å². The van der Waals surface area contributed by atoms with Gasteiger partial charge in [-0.1, -0.05) is 152 Å². The lowest BCUT2D eigenvalue weighted by atomic mass is 10.0. The molecule has 0 saturated heterocycles. The molecule has 9 aromatic rings. The standard InChI is InChI=1S/C45H30N4/c1-4-13-31(14-5-1)33-23-25-35(26-24-33)44-46-43(34-17-8-3-9-18-34)47-45(48-44)37-19-12-20-38(29-37)49-41-22-11-10-21-39(41)40-30-36(27-28-42(40)49)32-15-6-2-7-16-32/h1-30H. The fourth-order valence-electron chi connectivity index (χ4n) is 6.64. The fraction of sp³-hybridized carbons (Fsp3) is 0. The van der Waals surface area contributed by atoms with Crippen molar-refractivity contribution in [3.05, 3.63) is 182 Å². The first-order valence-electron chi connectivity index (χ1n) is 16.5. The van der Waals surface area contributed by atoms with E-state index in [4.69, 9.17) is 15.0 Å². The number of para-hydroxylation sites is 1. The summed E-state index contributed by atoms with van der Waals surface area (Å²) in [5.74, 6) is 1.91. The van der Waals surface area contributed by atoms with Crippen LogP contribution in [0, 0.1) is 0 Å². The van der Waals surface area contributed by atoms with E-state index in [1.807, 2.05) is 36.4 Å². The summed E-state index contributed by atoms with van der Waals surface area (Å²) in [6.07, 6.45) is 0. The lowest BCUT2D eigenvalue weighted by molar-refractivity contribution is 1.07. The van der Waals surface area contributed by atoms with Crippen LogP contribution in [0.25, 0.3) is 83.9 Å². The summed E-state index contributed by atoms with van der Waals surface area (Å²) < 4.78 is 2.34. The van der Waals surface area contributed by atoms with Crippen molar-refractivity contribution in [1.29, 1.82) is 0 Å². The van der Waals surface area contributed by atoms with Crippen LogP contribution in [0.3, 0.4) is 0 Å². The molecule has 0 N–H and O–H groups in total. The molecule has 0 radical (unpaired) electrons. The average molecular weight is 627 g/mol. The van der Waals surface area contributed by atoms with E-state index in [-0.39, 0.29) is 0 Å². The number of aromatic nitrogens is 4. The second-order valence-corrected chi connectivity index (χ2v) is 12.1. The van der Waals surface area contributed by atoms with Gasteiger partial charge in [0.1, 0.15) is 0 Å². The van der Waals surface area contributed by atoms with Crippen LogP contribution in [0.4, 0.5) is 0 Å². The highest BCUT2D eigenvalue weighted by Gasteiger charge is 2.16. The number of hydrogen-bond acceptors (Lipinski definition) is 3. The molecule has 4 nitrogen and oxygen atoms in total. The molecule has 0 aliphatic carbocycles. The Morgan fingerprint density at radius 2 is 0.735 bits per heavy atom. The first kappa shape index (κ1) is 28.6. The molecular formula is C45H30N4. The molecule has 0 bridgehead atoms. The van der Waals surface area contributed by atoms with E-state index in [2.05, 4.69) is 150 Å². The van der Waals surface area contributed by atoms with Gasteiger partial charge in [0.05, 0.1) is 11.0 Å². The highest BCUT2D eigenvalue weighted by Crippen LogP contribution is 2.36.